The van der Waals surface area contributed by atoms with Crippen LogP contribution in [-0.2, 0) is 11.2 Å². The number of carbonyl (C=O) groups excluding carboxylic acids is 3. The fourth-order valence-electron chi connectivity index (χ4n) is 5.19. The van der Waals surface area contributed by atoms with E-state index in [2.05, 4.69) is 16.3 Å². The molecule has 1 N–H and O–H groups in total. The predicted octanol–water partition coefficient (Wildman–Crippen LogP) is 2.81. The van der Waals surface area contributed by atoms with Gasteiger partial charge in [0.25, 0.3) is 5.91 Å². The maximum atomic E-state index is 13.1. The van der Waals surface area contributed by atoms with Crippen LogP contribution in [0.1, 0.15) is 40.7 Å². The van der Waals surface area contributed by atoms with Crippen LogP contribution < -0.4 is 10.2 Å². The number of piperazine rings is 1. The van der Waals surface area contributed by atoms with Crippen LogP contribution in [-0.4, -0.2) is 89.4 Å². The van der Waals surface area contributed by atoms with Crippen molar-refractivity contribution in [1.82, 2.24) is 19.7 Å². The minimum absolute atomic E-state index is 0.00476. The van der Waals surface area contributed by atoms with Gasteiger partial charge in [0.15, 0.2) is 5.13 Å². The summed E-state index contributed by atoms with van der Waals surface area (Å²) in [5.74, 6) is 0.0593. The maximum absolute atomic E-state index is 13.1. The van der Waals surface area contributed by atoms with E-state index >= 15 is 0 Å². The molecule has 1 aromatic heterocycles. The number of carbonyl (C=O) groups is 3. The highest BCUT2D eigenvalue weighted by Crippen LogP contribution is 2.31. The van der Waals surface area contributed by atoms with Crippen LogP contribution in [0.5, 0.6) is 0 Å². The summed E-state index contributed by atoms with van der Waals surface area (Å²) in [5, 5.41) is 3.95. The number of nitrogens with zero attached hydrogens (tertiary/aromatic N) is 5. The van der Waals surface area contributed by atoms with Crippen LogP contribution in [0.25, 0.3) is 0 Å². The van der Waals surface area contributed by atoms with Crippen molar-refractivity contribution >= 4 is 40.0 Å². The number of hydrogen-bond acceptors (Lipinski definition) is 6. The lowest BCUT2D eigenvalue weighted by molar-refractivity contribution is -0.130. The van der Waals surface area contributed by atoms with E-state index in [1.165, 1.54) is 16.9 Å². The summed E-state index contributed by atoms with van der Waals surface area (Å²) in [7, 11) is 0. The molecule has 0 atom stereocenters. The van der Waals surface area contributed by atoms with Gasteiger partial charge < -0.3 is 24.9 Å². The predicted molar refractivity (Wildman–Crippen MR) is 136 cm³/mol. The van der Waals surface area contributed by atoms with E-state index < -0.39 is 0 Å². The van der Waals surface area contributed by atoms with Gasteiger partial charge in [0.1, 0.15) is 4.88 Å². The first kappa shape index (κ1) is 23.6. The second-order valence-corrected chi connectivity index (χ2v) is 10.4. The number of fused-ring (bicyclic) bond motifs is 1. The molecule has 35 heavy (non-hydrogen) atoms. The first-order chi connectivity index (χ1) is 16.9. The number of para-hydroxylation sites is 1. The third-order valence-electron chi connectivity index (χ3n) is 7.31. The first-order valence-corrected chi connectivity index (χ1v) is 13.1. The lowest BCUT2D eigenvalue weighted by Crippen LogP contribution is -2.50. The van der Waals surface area contributed by atoms with E-state index in [0.29, 0.717) is 31.1 Å². The van der Waals surface area contributed by atoms with Gasteiger partial charge in [-0.3, -0.25) is 9.59 Å². The number of rotatable bonds is 3. The van der Waals surface area contributed by atoms with Gasteiger partial charge >= 0.3 is 6.03 Å². The standard InChI is InChI=1S/C25H32N6O3S/c1-17-22(23(33)29-15-13-28(14-16-29)18(2)32)35-25(26-17)30-10-8-20(9-11-30)31-12-7-19-5-3-4-6-21(19)27-24(31)34/h3-6,20H,7-16H2,1-2H3,(H,27,34). The highest BCUT2D eigenvalue weighted by molar-refractivity contribution is 7.17. The number of aromatic nitrogens is 1. The number of piperidine rings is 1. The number of urea groups is 1. The van der Waals surface area contributed by atoms with Crippen molar-refractivity contribution in [2.45, 2.75) is 39.2 Å². The fourth-order valence-corrected chi connectivity index (χ4v) is 6.28. The van der Waals surface area contributed by atoms with E-state index in [9.17, 15) is 14.4 Å². The van der Waals surface area contributed by atoms with Crippen LogP contribution in [0.3, 0.4) is 0 Å². The number of benzene rings is 1. The van der Waals surface area contributed by atoms with Crippen molar-refractivity contribution < 1.29 is 14.4 Å². The normalized spacial score (nSPS) is 19.3. The Labute approximate surface area is 209 Å². The van der Waals surface area contributed by atoms with Crippen molar-refractivity contribution in [3.05, 3.63) is 40.4 Å². The Morgan fingerprint density at radius 3 is 2.40 bits per heavy atom. The van der Waals surface area contributed by atoms with Crippen LogP contribution in [0.4, 0.5) is 15.6 Å². The number of thiazole rings is 1. The molecule has 1 aromatic carbocycles. The van der Waals surface area contributed by atoms with E-state index in [1.54, 1.807) is 11.8 Å². The smallest absolute Gasteiger partial charge is 0.322 e. The lowest BCUT2D eigenvalue weighted by Gasteiger charge is -2.37. The molecule has 9 nitrogen and oxygen atoms in total. The number of hydrogen-bond donors (Lipinski definition) is 1. The molecule has 0 radical (unpaired) electrons. The summed E-state index contributed by atoms with van der Waals surface area (Å²) < 4.78 is 0. The minimum atomic E-state index is -0.0174. The third-order valence-corrected chi connectivity index (χ3v) is 8.52. The van der Waals surface area contributed by atoms with Crippen molar-refractivity contribution in [2.24, 2.45) is 0 Å². The van der Waals surface area contributed by atoms with Gasteiger partial charge in [-0.25, -0.2) is 9.78 Å². The highest BCUT2D eigenvalue weighted by atomic mass is 32.1. The SMILES string of the molecule is CC(=O)N1CCN(C(=O)c2sc(N3CCC(N4CCc5ccccc5NC4=O)CC3)nc2C)CC1. The molecule has 0 unspecified atom stereocenters. The molecule has 0 spiro atoms. The number of aryl methyl sites for hydroxylation is 1. The summed E-state index contributed by atoms with van der Waals surface area (Å²) >= 11 is 1.46. The van der Waals surface area contributed by atoms with E-state index in [1.807, 2.05) is 34.9 Å². The van der Waals surface area contributed by atoms with Crippen LogP contribution in [0, 0.1) is 6.92 Å². The van der Waals surface area contributed by atoms with Crippen molar-refractivity contribution in [3.8, 4) is 0 Å². The summed E-state index contributed by atoms with van der Waals surface area (Å²) in [6.07, 6.45) is 2.60. The van der Waals surface area contributed by atoms with Crippen LogP contribution >= 0.6 is 11.3 Å². The molecule has 0 bridgehead atoms. The van der Waals surface area contributed by atoms with Gasteiger partial charge in [-0.15, -0.1) is 0 Å². The molecule has 5 rings (SSSR count). The zero-order chi connectivity index (χ0) is 24.5. The van der Waals surface area contributed by atoms with Gasteiger partial charge in [0, 0.05) is 64.5 Å². The third kappa shape index (κ3) is 4.84. The molecule has 10 heteroatoms. The largest absolute Gasteiger partial charge is 0.348 e. The fraction of sp³-hybridized carbons (Fsp3) is 0.520. The van der Waals surface area contributed by atoms with Gasteiger partial charge in [0.05, 0.1) is 5.69 Å². The Kier molecular flexibility index (Phi) is 6.64. The average molecular weight is 497 g/mol. The minimum Gasteiger partial charge on any atom is -0.348 e. The molecule has 3 aliphatic rings. The molecule has 0 saturated carbocycles. The zero-order valence-electron chi connectivity index (χ0n) is 20.3. The van der Waals surface area contributed by atoms with Crippen LogP contribution in [0.15, 0.2) is 24.3 Å². The number of anilines is 2. The quantitative estimate of drug-likeness (QED) is 0.706. The molecule has 3 aliphatic heterocycles. The lowest BCUT2D eigenvalue weighted by atomic mass is 10.0. The Bertz CT molecular complexity index is 1120. The van der Waals surface area contributed by atoms with Crippen molar-refractivity contribution in [3.63, 3.8) is 0 Å². The Balaban J connectivity index is 1.19. The summed E-state index contributed by atoms with van der Waals surface area (Å²) in [5.41, 5.74) is 2.85. The van der Waals surface area contributed by atoms with E-state index in [4.69, 9.17) is 4.98 Å². The molecule has 2 fully saturated rings. The Hall–Kier alpha value is -3.14. The second kappa shape index (κ2) is 9.85. The molecule has 2 saturated heterocycles. The molecule has 4 heterocycles. The zero-order valence-corrected chi connectivity index (χ0v) is 21.1. The molecule has 186 valence electrons. The molecule has 4 amide bonds. The summed E-state index contributed by atoms with van der Waals surface area (Å²) in [4.78, 5) is 50.8. The molecule has 0 aliphatic carbocycles. The maximum Gasteiger partial charge on any atom is 0.322 e. The molecule has 2 aromatic rings. The van der Waals surface area contributed by atoms with Gasteiger partial charge in [-0.1, -0.05) is 29.5 Å². The monoisotopic (exact) mass is 496 g/mol. The number of amides is 4. The van der Waals surface area contributed by atoms with Crippen LogP contribution in [0.2, 0.25) is 0 Å². The summed E-state index contributed by atoms with van der Waals surface area (Å²) in [6, 6.07) is 8.19. The van der Waals surface area contributed by atoms with E-state index in [0.717, 1.165) is 55.4 Å². The van der Waals surface area contributed by atoms with Crippen molar-refractivity contribution in [2.75, 3.05) is 56.0 Å². The Morgan fingerprint density at radius 1 is 1.00 bits per heavy atom. The van der Waals surface area contributed by atoms with E-state index in [-0.39, 0.29) is 23.9 Å². The van der Waals surface area contributed by atoms with Gasteiger partial charge in [0.2, 0.25) is 5.91 Å². The highest BCUT2D eigenvalue weighted by Gasteiger charge is 2.32. The molecular formula is C25H32N6O3S. The first-order valence-electron chi connectivity index (χ1n) is 12.3. The second-order valence-electron chi connectivity index (χ2n) is 9.46. The molecular weight excluding hydrogens is 464 g/mol. The van der Waals surface area contributed by atoms with Crippen molar-refractivity contribution in [1.29, 1.82) is 0 Å². The topological polar surface area (TPSA) is 89.1 Å². The Morgan fingerprint density at radius 2 is 1.69 bits per heavy atom. The average Bonchev–Trinajstić information content (AvgIpc) is 3.17. The summed E-state index contributed by atoms with van der Waals surface area (Å²) in [6.45, 7) is 8.06. The van der Waals surface area contributed by atoms with Gasteiger partial charge in [-0.2, -0.15) is 0 Å². The number of nitrogens with one attached hydrogen (secondary N) is 1. The van der Waals surface area contributed by atoms with Gasteiger partial charge in [-0.05, 0) is 37.8 Å².